The van der Waals surface area contributed by atoms with Crippen LogP contribution >= 0.6 is 11.8 Å². The van der Waals surface area contributed by atoms with Crippen molar-refractivity contribution in [2.24, 2.45) is 5.92 Å². The van der Waals surface area contributed by atoms with Crippen LogP contribution in [0.5, 0.6) is 0 Å². The summed E-state index contributed by atoms with van der Waals surface area (Å²) in [5, 5.41) is 3.95. The zero-order valence-electron chi connectivity index (χ0n) is 12.6. The first-order chi connectivity index (χ1) is 10.1. The molecule has 1 aromatic heterocycles. The second-order valence-electron chi connectivity index (χ2n) is 5.41. The molecule has 1 unspecified atom stereocenters. The third kappa shape index (κ3) is 4.43. The molecule has 0 aliphatic rings. The predicted octanol–water partition coefficient (Wildman–Crippen LogP) is 3.95. The van der Waals surface area contributed by atoms with Crippen LogP contribution < -0.4 is 0 Å². The van der Waals surface area contributed by atoms with Gasteiger partial charge in [-0.3, -0.25) is 4.79 Å². The molecule has 0 saturated heterocycles. The summed E-state index contributed by atoms with van der Waals surface area (Å²) >= 11 is 1.77. The van der Waals surface area contributed by atoms with Gasteiger partial charge in [0.2, 0.25) is 5.89 Å². The molecule has 0 fully saturated rings. The third-order valence-corrected chi connectivity index (χ3v) is 4.35. The number of carbonyl (C=O) groups is 1. The number of aromatic nitrogens is 2. The van der Waals surface area contributed by atoms with Crippen molar-refractivity contribution in [1.29, 1.82) is 0 Å². The molecule has 1 atom stereocenters. The van der Waals surface area contributed by atoms with Crippen molar-refractivity contribution in [3.05, 3.63) is 47.6 Å². The molecular formula is C16H20N2O2S. The van der Waals surface area contributed by atoms with E-state index in [0.717, 1.165) is 5.75 Å². The minimum Gasteiger partial charge on any atom is -0.339 e. The second-order valence-corrected chi connectivity index (χ2v) is 6.44. The van der Waals surface area contributed by atoms with Crippen LogP contribution in [0.1, 0.15) is 48.8 Å². The fraction of sp³-hybridized carbons (Fsp3) is 0.438. The van der Waals surface area contributed by atoms with Crippen LogP contribution in [0, 0.1) is 5.92 Å². The number of Topliss-reactive ketones (excluding diaryl/α,β-unsaturated/α-hetero) is 1. The average molecular weight is 304 g/mol. The molecule has 21 heavy (non-hydrogen) atoms. The van der Waals surface area contributed by atoms with E-state index in [9.17, 15) is 4.79 Å². The zero-order chi connectivity index (χ0) is 15.2. The van der Waals surface area contributed by atoms with Crippen LogP contribution in [0.3, 0.4) is 0 Å². The molecule has 2 aromatic rings. The summed E-state index contributed by atoms with van der Waals surface area (Å²) in [5.41, 5.74) is 0.666. The van der Waals surface area contributed by atoms with Gasteiger partial charge >= 0.3 is 0 Å². The zero-order valence-corrected chi connectivity index (χ0v) is 13.4. The number of nitrogens with zero attached hydrogens (tertiary/aromatic N) is 2. The van der Waals surface area contributed by atoms with E-state index in [1.807, 2.05) is 18.2 Å². The van der Waals surface area contributed by atoms with Crippen molar-refractivity contribution in [1.82, 2.24) is 10.1 Å². The van der Waals surface area contributed by atoms with E-state index in [1.165, 1.54) is 0 Å². The summed E-state index contributed by atoms with van der Waals surface area (Å²) < 4.78 is 5.23. The third-order valence-electron chi connectivity index (χ3n) is 2.99. The minimum atomic E-state index is -0.413. The Morgan fingerprint density at radius 2 is 1.95 bits per heavy atom. The standard InChI is InChI=1S/C16H20N2O2S/c1-11(2)9-21-10-14-17-16(20-18-14)12(3)15(19)13-7-5-4-6-8-13/h4-8,11-12H,9-10H2,1-3H3. The second kappa shape index (κ2) is 7.41. The molecule has 0 bridgehead atoms. The molecule has 112 valence electrons. The molecule has 0 aliphatic carbocycles. The van der Waals surface area contributed by atoms with E-state index in [2.05, 4.69) is 24.0 Å². The number of ketones is 1. The monoisotopic (exact) mass is 304 g/mol. The topological polar surface area (TPSA) is 56.0 Å². The predicted molar refractivity (Wildman–Crippen MR) is 84.5 cm³/mol. The number of rotatable bonds is 7. The van der Waals surface area contributed by atoms with Gasteiger partial charge in [0, 0.05) is 5.56 Å². The summed E-state index contributed by atoms with van der Waals surface area (Å²) in [6.07, 6.45) is 0. The average Bonchev–Trinajstić information content (AvgIpc) is 2.95. The van der Waals surface area contributed by atoms with E-state index in [1.54, 1.807) is 30.8 Å². The van der Waals surface area contributed by atoms with Crippen LogP contribution in [0.15, 0.2) is 34.9 Å². The maximum absolute atomic E-state index is 12.3. The van der Waals surface area contributed by atoms with Crippen LogP contribution in [0.2, 0.25) is 0 Å². The van der Waals surface area contributed by atoms with E-state index < -0.39 is 5.92 Å². The van der Waals surface area contributed by atoms with Gasteiger partial charge in [0.25, 0.3) is 0 Å². The molecule has 0 radical (unpaired) electrons. The first-order valence-electron chi connectivity index (χ1n) is 7.07. The number of hydrogen-bond donors (Lipinski definition) is 0. The summed E-state index contributed by atoms with van der Waals surface area (Å²) in [5.74, 6) is 3.05. The molecule has 0 saturated carbocycles. The van der Waals surface area contributed by atoms with Gasteiger partial charge in [0.1, 0.15) is 0 Å². The molecule has 0 spiro atoms. The highest BCUT2D eigenvalue weighted by Crippen LogP contribution is 2.20. The normalized spacial score (nSPS) is 12.6. The van der Waals surface area contributed by atoms with Crippen molar-refractivity contribution in [3.63, 3.8) is 0 Å². The van der Waals surface area contributed by atoms with Gasteiger partial charge in [-0.2, -0.15) is 16.7 Å². The van der Waals surface area contributed by atoms with Crippen molar-refractivity contribution in [3.8, 4) is 0 Å². The fourth-order valence-electron chi connectivity index (χ4n) is 1.85. The summed E-state index contributed by atoms with van der Waals surface area (Å²) in [7, 11) is 0. The van der Waals surface area contributed by atoms with Crippen molar-refractivity contribution >= 4 is 17.5 Å². The van der Waals surface area contributed by atoms with E-state index >= 15 is 0 Å². The lowest BCUT2D eigenvalue weighted by molar-refractivity contribution is 0.0951. The van der Waals surface area contributed by atoms with Crippen molar-refractivity contribution in [2.45, 2.75) is 32.4 Å². The smallest absolute Gasteiger partial charge is 0.237 e. The Morgan fingerprint density at radius 1 is 1.24 bits per heavy atom. The number of hydrogen-bond acceptors (Lipinski definition) is 5. The van der Waals surface area contributed by atoms with Gasteiger partial charge in [-0.15, -0.1) is 0 Å². The molecule has 0 N–H and O–H groups in total. The van der Waals surface area contributed by atoms with E-state index in [0.29, 0.717) is 28.9 Å². The SMILES string of the molecule is CC(C)CSCc1noc(C(C)C(=O)c2ccccc2)n1. The first-order valence-corrected chi connectivity index (χ1v) is 8.23. The summed E-state index contributed by atoms with van der Waals surface area (Å²) in [6, 6.07) is 9.19. The summed E-state index contributed by atoms with van der Waals surface area (Å²) in [4.78, 5) is 16.7. The fourth-order valence-corrected chi connectivity index (χ4v) is 2.74. The van der Waals surface area contributed by atoms with Gasteiger partial charge in [0.05, 0.1) is 11.7 Å². The van der Waals surface area contributed by atoms with Crippen LogP contribution in [0.25, 0.3) is 0 Å². The molecule has 1 aromatic carbocycles. The lowest BCUT2D eigenvalue weighted by Gasteiger charge is -2.05. The Morgan fingerprint density at radius 3 is 2.62 bits per heavy atom. The minimum absolute atomic E-state index is 0.000587. The Labute approximate surface area is 129 Å². The number of carbonyl (C=O) groups excluding carboxylic acids is 1. The van der Waals surface area contributed by atoms with E-state index in [-0.39, 0.29) is 5.78 Å². The first kappa shape index (κ1) is 15.8. The Bertz CT molecular complexity index is 581. The van der Waals surface area contributed by atoms with Crippen LogP contribution in [-0.2, 0) is 5.75 Å². The van der Waals surface area contributed by atoms with Gasteiger partial charge in [-0.25, -0.2) is 0 Å². The number of thioether (sulfide) groups is 1. The molecule has 0 aliphatic heterocycles. The van der Waals surface area contributed by atoms with Crippen molar-refractivity contribution in [2.75, 3.05) is 5.75 Å². The van der Waals surface area contributed by atoms with Crippen molar-refractivity contribution < 1.29 is 9.32 Å². The quantitative estimate of drug-likeness (QED) is 0.725. The van der Waals surface area contributed by atoms with Gasteiger partial charge in [-0.1, -0.05) is 49.3 Å². The highest BCUT2D eigenvalue weighted by atomic mass is 32.2. The van der Waals surface area contributed by atoms with Crippen LogP contribution in [0.4, 0.5) is 0 Å². The number of benzene rings is 1. The van der Waals surface area contributed by atoms with Gasteiger partial charge < -0.3 is 4.52 Å². The van der Waals surface area contributed by atoms with Gasteiger partial charge in [0.15, 0.2) is 11.6 Å². The Hall–Kier alpha value is -1.62. The Kier molecular flexibility index (Phi) is 5.56. The van der Waals surface area contributed by atoms with Crippen LogP contribution in [-0.4, -0.2) is 21.7 Å². The van der Waals surface area contributed by atoms with E-state index in [4.69, 9.17) is 4.52 Å². The maximum Gasteiger partial charge on any atom is 0.237 e. The summed E-state index contributed by atoms with van der Waals surface area (Å²) in [6.45, 7) is 6.15. The highest BCUT2D eigenvalue weighted by molar-refractivity contribution is 7.98. The molecule has 5 heteroatoms. The largest absolute Gasteiger partial charge is 0.339 e. The molecular weight excluding hydrogens is 284 g/mol. The highest BCUT2D eigenvalue weighted by Gasteiger charge is 2.22. The Balaban J connectivity index is 1.98. The lowest BCUT2D eigenvalue weighted by Crippen LogP contribution is -2.10. The molecule has 1 heterocycles. The maximum atomic E-state index is 12.3. The molecule has 4 nitrogen and oxygen atoms in total. The molecule has 0 amide bonds. The lowest BCUT2D eigenvalue weighted by atomic mass is 9.99. The molecule has 2 rings (SSSR count). The van der Waals surface area contributed by atoms with Gasteiger partial charge in [-0.05, 0) is 18.6 Å².